The van der Waals surface area contributed by atoms with E-state index in [1.54, 1.807) is 17.2 Å². The van der Waals surface area contributed by atoms with Gasteiger partial charge in [0.2, 0.25) is 5.95 Å². The quantitative estimate of drug-likeness (QED) is 0.754. The molecule has 1 unspecified atom stereocenters. The van der Waals surface area contributed by atoms with Crippen LogP contribution in [0.4, 0.5) is 18.0 Å². The van der Waals surface area contributed by atoms with Gasteiger partial charge in [0.25, 0.3) is 0 Å². The molecule has 2 aliphatic heterocycles. The lowest BCUT2D eigenvalue weighted by atomic mass is 10.0. The van der Waals surface area contributed by atoms with Crippen LogP contribution in [-0.2, 0) is 0 Å². The van der Waals surface area contributed by atoms with Crippen molar-refractivity contribution in [1.29, 1.82) is 0 Å². The predicted molar refractivity (Wildman–Crippen MR) is 93.2 cm³/mol. The molecule has 2 aromatic rings. The molecule has 138 valence electrons. The minimum absolute atomic E-state index is 0.326. The molecule has 0 saturated carbocycles. The van der Waals surface area contributed by atoms with Crippen LogP contribution in [0.2, 0.25) is 0 Å². The summed E-state index contributed by atoms with van der Waals surface area (Å²) in [6.45, 7) is 0.818. The summed E-state index contributed by atoms with van der Waals surface area (Å²) in [6.07, 6.45) is 5.23. The standard InChI is InChI=1S/C19H15F3N4O/c20-15-6-14(7-16(21)8-15)17-3-4-24-26(17)19(27)25-10-13(11-25)5-12-1-2-18(22)23-9-12/h1-2,4-9,17H,3,10-11H2. The number of pyridine rings is 1. The number of urea groups is 1. The lowest BCUT2D eigenvalue weighted by Gasteiger charge is -2.37. The van der Waals surface area contributed by atoms with E-state index in [2.05, 4.69) is 10.1 Å². The summed E-state index contributed by atoms with van der Waals surface area (Å²) in [4.78, 5) is 17.8. The maximum Gasteiger partial charge on any atom is 0.341 e. The summed E-state index contributed by atoms with van der Waals surface area (Å²) in [7, 11) is 0. The van der Waals surface area contributed by atoms with E-state index >= 15 is 0 Å². The first-order valence-electron chi connectivity index (χ1n) is 8.37. The zero-order chi connectivity index (χ0) is 19.0. The maximum absolute atomic E-state index is 13.5. The number of hydrazone groups is 1. The Morgan fingerprint density at radius 3 is 2.52 bits per heavy atom. The predicted octanol–water partition coefficient (Wildman–Crippen LogP) is 3.75. The molecule has 8 heteroatoms. The van der Waals surface area contributed by atoms with Gasteiger partial charge in [0.05, 0.1) is 6.04 Å². The molecule has 0 spiro atoms. The van der Waals surface area contributed by atoms with Crippen LogP contribution >= 0.6 is 0 Å². The average Bonchev–Trinajstić information content (AvgIpc) is 3.08. The largest absolute Gasteiger partial charge is 0.341 e. The number of hydrogen-bond acceptors (Lipinski definition) is 3. The van der Waals surface area contributed by atoms with Crippen molar-refractivity contribution in [3.63, 3.8) is 0 Å². The highest BCUT2D eigenvalue weighted by Crippen LogP contribution is 2.31. The van der Waals surface area contributed by atoms with E-state index in [0.29, 0.717) is 25.1 Å². The molecule has 2 amide bonds. The van der Waals surface area contributed by atoms with E-state index in [-0.39, 0.29) is 6.03 Å². The molecule has 27 heavy (non-hydrogen) atoms. The number of carbonyl (C=O) groups is 1. The third kappa shape index (κ3) is 3.55. The number of nitrogens with zero attached hydrogens (tertiary/aromatic N) is 4. The molecular weight excluding hydrogens is 357 g/mol. The van der Waals surface area contributed by atoms with E-state index in [1.807, 2.05) is 6.08 Å². The SMILES string of the molecule is O=C(N1CC(=Cc2ccc(F)nc2)C1)N1N=CCC1c1cc(F)cc(F)c1. The maximum atomic E-state index is 13.5. The highest BCUT2D eigenvalue weighted by Gasteiger charge is 2.35. The molecule has 2 aliphatic rings. The third-order valence-corrected chi connectivity index (χ3v) is 4.48. The summed E-state index contributed by atoms with van der Waals surface area (Å²) in [5, 5.41) is 5.33. The van der Waals surface area contributed by atoms with Crippen molar-refractivity contribution in [3.05, 3.63) is 70.8 Å². The topological polar surface area (TPSA) is 48.8 Å². The number of likely N-dealkylation sites (tertiary alicyclic amines) is 1. The van der Waals surface area contributed by atoms with Crippen molar-refractivity contribution < 1.29 is 18.0 Å². The molecule has 4 rings (SSSR count). The van der Waals surface area contributed by atoms with Gasteiger partial charge in [0.1, 0.15) is 11.6 Å². The van der Waals surface area contributed by atoms with Crippen LogP contribution in [-0.4, -0.2) is 40.2 Å². The first-order chi connectivity index (χ1) is 13.0. The van der Waals surface area contributed by atoms with Crippen LogP contribution in [0.5, 0.6) is 0 Å². The molecule has 0 N–H and O–H groups in total. The molecular formula is C19H15F3N4O. The van der Waals surface area contributed by atoms with E-state index in [4.69, 9.17) is 0 Å². The minimum atomic E-state index is -0.689. The Labute approximate surface area is 153 Å². The van der Waals surface area contributed by atoms with Crippen molar-refractivity contribution in [1.82, 2.24) is 14.9 Å². The summed E-state index contributed by atoms with van der Waals surface area (Å²) < 4.78 is 39.8. The highest BCUT2D eigenvalue weighted by molar-refractivity contribution is 5.80. The molecule has 0 aliphatic carbocycles. The fourth-order valence-electron chi connectivity index (χ4n) is 3.17. The minimum Gasteiger partial charge on any atom is -0.315 e. The number of carbonyl (C=O) groups excluding carboxylic acids is 1. The Kier molecular flexibility index (Phi) is 4.39. The fourth-order valence-corrected chi connectivity index (χ4v) is 3.17. The van der Waals surface area contributed by atoms with Gasteiger partial charge in [-0.2, -0.15) is 9.49 Å². The van der Waals surface area contributed by atoms with Crippen LogP contribution in [0.25, 0.3) is 6.08 Å². The van der Waals surface area contributed by atoms with Crippen LogP contribution in [0.3, 0.4) is 0 Å². The Morgan fingerprint density at radius 2 is 1.85 bits per heavy atom. The average molecular weight is 372 g/mol. The van der Waals surface area contributed by atoms with E-state index in [0.717, 1.165) is 17.2 Å². The van der Waals surface area contributed by atoms with Gasteiger partial charge in [-0.25, -0.2) is 23.6 Å². The van der Waals surface area contributed by atoms with Crippen molar-refractivity contribution in [2.45, 2.75) is 12.5 Å². The normalized spacial score (nSPS) is 18.6. The summed E-state index contributed by atoms with van der Waals surface area (Å²) >= 11 is 0. The number of amides is 2. The second-order valence-corrected chi connectivity index (χ2v) is 6.45. The number of aromatic nitrogens is 1. The van der Waals surface area contributed by atoms with Crippen molar-refractivity contribution in [3.8, 4) is 0 Å². The van der Waals surface area contributed by atoms with Gasteiger partial charge in [-0.1, -0.05) is 6.08 Å². The van der Waals surface area contributed by atoms with Gasteiger partial charge >= 0.3 is 6.03 Å². The van der Waals surface area contributed by atoms with Gasteiger partial charge in [0, 0.05) is 38.0 Å². The molecule has 0 bridgehead atoms. The summed E-state index contributed by atoms with van der Waals surface area (Å²) in [5.74, 6) is -1.92. The molecule has 5 nitrogen and oxygen atoms in total. The van der Waals surface area contributed by atoms with Gasteiger partial charge < -0.3 is 4.90 Å². The van der Waals surface area contributed by atoms with Gasteiger partial charge in [-0.15, -0.1) is 0 Å². The Hall–Kier alpha value is -3.16. The van der Waals surface area contributed by atoms with Crippen molar-refractivity contribution in [2.24, 2.45) is 5.10 Å². The Bertz CT molecular complexity index is 914. The van der Waals surface area contributed by atoms with Crippen molar-refractivity contribution in [2.75, 3.05) is 13.1 Å². The summed E-state index contributed by atoms with van der Waals surface area (Å²) in [6, 6.07) is 5.25. The monoisotopic (exact) mass is 372 g/mol. The second kappa shape index (κ2) is 6.86. The molecule has 3 heterocycles. The molecule has 0 radical (unpaired) electrons. The first kappa shape index (κ1) is 17.3. The zero-order valence-corrected chi connectivity index (χ0v) is 14.1. The number of rotatable bonds is 2. The van der Waals surface area contributed by atoms with Crippen LogP contribution in [0.1, 0.15) is 23.6 Å². The molecule has 1 fully saturated rings. The molecule has 1 aromatic heterocycles. The number of benzene rings is 1. The summed E-state index contributed by atoms with van der Waals surface area (Å²) in [5.41, 5.74) is 2.12. The van der Waals surface area contributed by atoms with Crippen LogP contribution in [0.15, 0.2) is 47.2 Å². The number of hydrogen-bond donors (Lipinski definition) is 0. The number of halogens is 3. The zero-order valence-electron chi connectivity index (χ0n) is 14.1. The molecule has 1 saturated heterocycles. The Balaban J connectivity index is 1.44. The molecule has 1 aromatic carbocycles. The first-order valence-corrected chi connectivity index (χ1v) is 8.37. The second-order valence-electron chi connectivity index (χ2n) is 6.45. The van der Waals surface area contributed by atoms with E-state index < -0.39 is 23.6 Å². The van der Waals surface area contributed by atoms with Gasteiger partial charge in [-0.05, 0) is 41.0 Å². The molecule has 1 atom stereocenters. The van der Waals surface area contributed by atoms with E-state index in [9.17, 15) is 18.0 Å². The smallest absolute Gasteiger partial charge is 0.315 e. The van der Waals surface area contributed by atoms with Crippen LogP contribution < -0.4 is 0 Å². The van der Waals surface area contributed by atoms with E-state index in [1.165, 1.54) is 29.4 Å². The van der Waals surface area contributed by atoms with Gasteiger partial charge in [0.15, 0.2) is 0 Å². The lowest BCUT2D eigenvalue weighted by Crippen LogP contribution is -2.49. The third-order valence-electron chi connectivity index (χ3n) is 4.48. The highest BCUT2D eigenvalue weighted by atomic mass is 19.1. The lowest BCUT2D eigenvalue weighted by molar-refractivity contribution is 0.136. The van der Waals surface area contributed by atoms with Gasteiger partial charge in [-0.3, -0.25) is 0 Å². The van der Waals surface area contributed by atoms with Crippen LogP contribution in [0, 0.1) is 17.6 Å². The van der Waals surface area contributed by atoms with Crippen molar-refractivity contribution >= 4 is 18.3 Å². The fraction of sp³-hybridized carbons (Fsp3) is 0.211. The Morgan fingerprint density at radius 1 is 1.11 bits per heavy atom.